The molecule has 1 heterocycles. The maximum absolute atomic E-state index is 13.4. The zero-order chi connectivity index (χ0) is 18.2. The van der Waals surface area contributed by atoms with Gasteiger partial charge in [0.05, 0.1) is 15.6 Å². The molecule has 24 heavy (non-hydrogen) atoms. The quantitative estimate of drug-likeness (QED) is 0.571. The maximum Gasteiger partial charge on any atom is 0.416 e. The molecule has 1 unspecified atom stereocenters. The third kappa shape index (κ3) is 3.32. The molecule has 0 spiro atoms. The zero-order valence-corrected chi connectivity index (χ0v) is 14.1. The smallest absolute Gasteiger partial charge is 0.416 e. The van der Waals surface area contributed by atoms with Crippen LogP contribution in [0.4, 0.5) is 17.6 Å². The fourth-order valence-corrected chi connectivity index (χ4v) is 3.53. The highest BCUT2D eigenvalue weighted by atomic mass is 35.5. The van der Waals surface area contributed by atoms with Gasteiger partial charge in [0.15, 0.2) is 0 Å². The Morgan fingerprint density at radius 2 is 1.88 bits per heavy atom. The van der Waals surface area contributed by atoms with Gasteiger partial charge in [0, 0.05) is 0 Å². The Kier molecular flexibility index (Phi) is 5.34. The Balaban J connectivity index is 2.77. The van der Waals surface area contributed by atoms with E-state index in [-0.39, 0.29) is 22.0 Å². The standard InChI is InChI=1S/C13H7Cl2F4N3OS/c1-24(23)12-9(5-20)21-22(10(12)4-16)11-7(14)2-6(3-8(11)15)13(17,18)19/h2-3H,4H2,1H3. The molecule has 0 radical (unpaired) electrons. The average Bonchev–Trinajstić information content (AvgIpc) is 2.84. The van der Waals surface area contributed by atoms with Crippen molar-refractivity contribution in [2.24, 2.45) is 0 Å². The first kappa shape index (κ1) is 18.9. The number of nitrogens with zero attached hydrogens (tertiary/aromatic N) is 3. The van der Waals surface area contributed by atoms with Crippen LogP contribution in [-0.4, -0.2) is 20.6 Å². The number of hydrogen-bond acceptors (Lipinski definition) is 3. The SMILES string of the molecule is C[S+]([O-])c1c(C#N)nn(-c2c(Cl)cc(C(F)(F)F)cc2Cl)c1CF. The highest BCUT2D eigenvalue weighted by Crippen LogP contribution is 2.38. The summed E-state index contributed by atoms with van der Waals surface area (Å²) in [4.78, 5) is -0.160. The van der Waals surface area contributed by atoms with E-state index in [1.54, 1.807) is 6.07 Å². The first-order valence-electron chi connectivity index (χ1n) is 6.09. The molecule has 0 bridgehead atoms. The molecule has 0 saturated heterocycles. The largest absolute Gasteiger partial charge is 0.612 e. The van der Waals surface area contributed by atoms with Crippen LogP contribution in [0, 0.1) is 11.3 Å². The van der Waals surface area contributed by atoms with E-state index in [0.717, 1.165) is 4.68 Å². The highest BCUT2D eigenvalue weighted by molar-refractivity contribution is 7.90. The van der Waals surface area contributed by atoms with Crippen molar-refractivity contribution in [3.63, 3.8) is 0 Å². The summed E-state index contributed by atoms with van der Waals surface area (Å²) in [6, 6.07) is 2.88. The summed E-state index contributed by atoms with van der Waals surface area (Å²) >= 11 is 9.98. The predicted molar refractivity (Wildman–Crippen MR) is 80.4 cm³/mol. The Hall–Kier alpha value is -1.47. The minimum atomic E-state index is -4.67. The van der Waals surface area contributed by atoms with Crippen LogP contribution < -0.4 is 0 Å². The van der Waals surface area contributed by atoms with E-state index in [1.807, 2.05) is 0 Å². The summed E-state index contributed by atoms with van der Waals surface area (Å²) in [6.07, 6.45) is -3.45. The van der Waals surface area contributed by atoms with Crippen molar-refractivity contribution in [2.75, 3.05) is 6.26 Å². The molecule has 1 aromatic carbocycles. The molecular formula is C13H7Cl2F4N3OS. The van der Waals surface area contributed by atoms with Crippen LogP contribution in [0.1, 0.15) is 17.0 Å². The highest BCUT2D eigenvalue weighted by Gasteiger charge is 2.33. The molecule has 4 nitrogen and oxygen atoms in total. The van der Waals surface area contributed by atoms with E-state index >= 15 is 0 Å². The molecule has 0 saturated carbocycles. The molecule has 11 heteroatoms. The van der Waals surface area contributed by atoms with Crippen LogP contribution in [0.25, 0.3) is 5.69 Å². The predicted octanol–water partition coefficient (Wildman–Crippen LogP) is 4.28. The number of halogens is 6. The molecule has 1 aromatic heterocycles. The van der Waals surface area contributed by atoms with Gasteiger partial charge in [-0.1, -0.05) is 23.2 Å². The van der Waals surface area contributed by atoms with Gasteiger partial charge in [-0.2, -0.15) is 23.5 Å². The van der Waals surface area contributed by atoms with Gasteiger partial charge in [-0.05, 0) is 23.3 Å². The van der Waals surface area contributed by atoms with Gasteiger partial charge in [-0.25, -0.2) is 9.07 Å². The summed E-state index contributed by atoms with van der Waals surface area (Å²) < 4.78 is 64.3. The van der Waals surface area contributed by atoms with Crippen molar-refractivity contribution in [2.45, 2.75) is 17.7 Å². The molecule has 0 N–H and O–H groups in total. The lowest BCUT2D eigenvalue weighted by molar-refractivity contribution is -0.137. The molecule has 0 amide bonds. The Labute approximate surface area is 146 Å². The summed E-state index contributed by atoms with van der Waals surface area (Å²) in [6.45, 7) is -1.17. The normalized spacial score (nSPS) is 13.0. The Bertz CT molecular complexity index is 807. The maximum atomic E-state index is 13.4. The van der Waals surface area contributed by atoms with Crippen LogP contribution >= 0.6 is 23.2 Å². The van der Waals surface area contributed by atoms with Crippen molar-refractivity contribution >= 4 is 34.4 Å². The average molecular weight is 400 g/mol. The summed E-state index contributed by atoms with van der Waals surface area (Å²) in [5.41, 5.74) is -1.91. The molecule has 0 aliphatic carbocycles. The summed E-state index contributed by atoms with van der Waals surface area (Å²) in [7, 11) is 0. The van der Waals surface area contributed by atoms with Crippen molar-refractivity contribution in [3.8, 4) is 11.8 Å². The zero-order valence-electron chi connectivity index (χ0n) is 11.8. The van der Waals surface area contributed by atoms with Gasteiger partial charge in [0.1, 0.15) is 30.4 Å². The number of nitriles is 1. The monoisotopic (exact) mass is 399 g/mol. The van der Waals surface area contributed by atoms with Gasteiger partial charge in [0.2, 0.25) is 10.6 Å². The third-order valence-corrected chi connectivity index (χ3v) is 4.59. The van der Waals surface area contributed by atoms with Crippen molar-refractivity contribution in [1.82, 2.24) is 9.78 Å². The molecule has 0 aliphatic rings. The lowest BCUT2D eigenvalue weighted by Gasteiger charge is -2.13. The minimum Gasteiger partial charge on any atom is -0.612 e. The molecule has 2 rings (SSSR count). The van der Waals surface area contributed by atoms with Gasteiger partial charge in [0.25, 0.3) is 0 Å². The van der Waals surface area contributed by atoms with E-state index in [2.05, 4.69) is 5.10 Å². The lowest BCUT2D eigenvalue weighted by Crippen LogP contribution is -2.09. The van der Waals surface area contributed by atoms with Crippen LogP contribution in [0.15, 0.2) is 17.0 Å². The lowest BCUT2D eigenvalue weighted by atomic mass is 10.2. The molecule has 1 atom stereocenters. The van der Waals surface area contributed by atoms with E-state index in [9.17, 15) is 22.1 Å². The number of alkyl halides is 4. The second kappa shape index (κ2) is 6.80. The van der Waals surface area contributed by atoms with Crippen molar-refractivity contribution in [3.05, 3.63) is 39.1 Å². The molecule has 0 aliphatic heterocycles. The topological polar surface area (TPSA) is 64.7 Å². The minimum absolute atomic E-state index is 0.160. The van der Waals surface area contributed by atoms with E-state index in [1.165, 1.54) is 6.26 Å². The van der Waals surface area contributed by atoms with E-state index in [0.29, 0.717) is 12.1 Å². The number of aromatic nitrogens is 2. The van der Waals surface area contributed by atoms with E-state index in [4.69, 9.17) is 28.5 Å². The van der Waals surface area contributed by atoms with Crippen LogP contribution in [0.3, 0.4) is 0 Å². The number of rotatable bonds is 3. The van der Waals surface area contributed by atoms with Crippen LogP contribution in [0.2, 0.25) is 10.0 Å². The Morgan fingerprint density at radius 3 is 2.25 bits per heavy atom. The second-order valence-electron chi connectivity index (χ2n) is 4.52. The van der Waals surface area contributed by atoms with E-state index < -0.39 is 39.6 Å². The third-order valence-electron chi connectivity index (χ3n) is 3.01. The van der Waals surface area contributed by atoms with Crippen LogP contribution in [0.5, 0.6) is 0 Å². The molecule has 2 aromatic rings. The molecule has 0 fully saturated rings. The summed E-state index contributed by atoms with van der Waals surface area (Å²) in [5.74, 6) is 0. The van der Waals surface area contributed by atoms with Crippen molar-refractivity contribution in [1.29, 1.82) is 5.26 Å². The van der Waals surface area contributed by atoms with Gasteiger partial charge in [-0.3, -0.25) is 0 Å². The number of hydrogen-bond donors (Lipinski definition) is 0. The van der Waals surface area contributed by atoms with Crippen LogP contribution in [-0.2, 0) is 24.0 Å². The van der Waals surface area contributed by atoms with Crippen molar-refractivity contribution < 1.29 is 22.1 Å². The first-order valence-corrected chi connectivity index (χ1v) is 8.41. The fourth-order valence-electron chi connectivity index (χ4n) is 2.05. The van der Waals surface area contributed by atoms with Gasteiger partial charge in [-0.15, -0.1) is 0 Å². The van der Waals surface area contributed by atoms with Gasteiger partial charge >= 0.3 is 6.18 Å². The Morgan fingerprint density at radius 1 is 1.33 bits per heavy atom. The van der Waals surface area contributed by atoms with Gasteiger partial charge < -0.3 is 4.55 Å². The molecule has 128 valence electrons. The second-order valence-corrected chi connectivity index (χ2v) is 6.65. The molecular weight excluding hydrogens is 393 g/mol. The summed E-state index contributed by atoms with van der Waals surface area (Å²) in [5, 5.41) is 11.9. The number of benzene rings is 1. The fraction of sp³-hybridized carbons (Fsp3) is 0.231. The first-order chi connectivity index (χ1) is 11.1.